The van der Waals surface area contributed by atoms with Crippen LogP contribution in [-0.2, 0) is 6.42 Å². The Morgan fingerprint density at radius 1 is 1.33 bits per heavy atom. The zero-order chi connectivity index (χ0) is 8.97. The van der Waals surface area contributed by atoms with Gasteiger partial charge in [0.2, 0.25) is 5.88 Å². The lowest BCUT2D eigenvalue weighted by molar-refractivity contribution is 0.447. The molecule has 1 rings (SSSR count). The number of hydrogen-bond donors (Lipinski definition) is 3. The van der Waals surface area contributed by atoms with Crippen molar-refractivity contribution in [3.8, 4) is 5.88 Å². The number of aromatic nitrogens is 2. The van der Waals surface area contributed by atoms with Gasteiger partial charge in [0.15, 0.2) is 0 Å². The smallest absolute Gasteiger partial charge is 0.325 e. The molecule has 5 heteroatoms. The van der Waals surface area contributed by atoms with Gasteiger partial charge >= 0.3 is 5.69 Å². The fourth-order valence-corrected chi connectivity index (χ4v) is 1.38. The van der Waals surface area contributed by atoms with Gasteiger partial charge in [0.1, 0.15) is 0 Å². The van der Waals surface area contributed by atoms with Crippen LogP contribution in [0.1, 0.15) is 18.5 Å². The molecule has 1 aromatic rings. The van der Waals surface area contributed by atoms with Crippen LogP contribution in [0.3, 0.4) is 0 Å². The largest absolute Gasteiger partial charge is 0.493 e. The third kappa shape index (κ3) is 2.41. The molecule has 0 saturated heterocycles. The number of imidazole rings is 1. The summed E-state index contributed by atoms with van der Waals surface area (Å²) in [6.45, 7) is 0. The monoisotopic (exact) mass is 234 g/mol. The van der Waals surface area contributed by atoms with Gasteiger partial charge in [0.25, 0.3) is 0 Å². The van der Waals surface area contributed by atoms with Gasteiger partial charge < -0.3 is 10.1 Å². The Balaban J connectivity index is 2.51. The second kappa shape index (κ2) is 4.35. The molecule has 0 aliphatic carbocycles. The number of nitrogens with one attached hydrogen (secondary N) is 2. The van der Waals surface area contributed by atoms with Gasteiger partial charge in [0, 0.05) is 5.33 Å². The molecule has 1 heterocycles. The van der Waals surface area contributed by atoms with Crippen molar-refractivity contribution >= 4 is 15.9 Å². The number of unbranched alkanes of at least 4 members (excludes halogenated alkanes) is 1. The van der Waals surface area contributed by atoms with Gasteiger partial charge in [-0.2, -0.15) is 0 Å². The summed E-state index contributed by atoms with van der Waals surface area (Å²) in [4.78, 5) is 15.5. The van der Waals surface area contributed by atoms with Crippen LogP contribution in [0.15, 0.2) is 4.79 Å². The van der Waals surface area contributed by atoms with Crippen LogP contribution in [-0.4, -0.2) is 20.4 Å². The molecule has 0 fully saturated rings. The molecule has 0 aromatic carbocycles. The van der Waals surface area contributed by atoms with Crippen molar-refractivity contribution in [2.75, 3.05) is 5.33 Å². The van der Waals surface area contributed by atoms with E-state index in [4.69, 9.17) is 5.11 Å². The fraction of sp³-hybridized carbons (Fsp3) is 0.571. The van der Waals surface area contributed by atoms with E-state index in [0.29, 0.717) is 12.1 Å². The van der Waals surface area contributed by atoms with Crippen LogP contribution in [0, 0.1) is 0 Å². The molecule has 0 atom stereocenters. The molecule has 3 N–H and O–H groups in total. The Hall–Kier alpha value is -0.710. The third-order valence-electron chi connectivity index (χ3n) is 1.59. The SMILES string of the molecule is O=c1[nH]c(O)c(CCCCBr)[nH]1. The van der Waals surface area contributed by atoms with Crippen LogP contribution in [0.25, 0.3) is 0 Å². The van der Waals surface area contributed by atoms with Crippen LogP contribution >= 0.6 is 15.9 Å². The zero-order valence-electron chi connectivity index (χ0n) is 6.56. The summed E-state index contributed by atoms with van der Waals surface area (Å²) in [5.41, 5.74) is 0.252. The fourth-order valence-electron chi connectivity index (χ4n) is 0.988. The highest BCUT2D eigenvalue weighted by Crippen LogP contribution is 2.10. The normalized spacial score (nSPS) is 10.4. The lowest BCUT2D eigenvalue weighted by Crippen LogP contribution is -2.01. The highest BCUT2D eigenvalue weighted by molar-refractivity contribution is 9.09. The maximum absolute atomic E-state index is 10.7. The summed E-state index contributed by atoms with van der Waals surface area (Å²) >= 11 is 3.30. The second-order valence-corrected chi connectivity index (χ2v) is 3.35. The topological polar surface area (TPSA) is 68.9 Å². The number of halogens is 1. The number of aromatic hydroxyl groups is 1. The molecule has 1 aromatic heterocycles. The molecule has 0 aliphatic heterocycles. The molecule has 4 nitrogen and oxygen atoms in total. The van der Waals surface area contributed by atoms with Gasteiger partial charge in [0.05, 0.1) is 5.69 Å². The van der Waals surface area contributed by atoms with Crippen LogP contribution < -0.4 is 5.69 Å². The minimum absolute atomic E-state index is 0.0328. The van der Waals surface area contributed by atoms with E-state index in [1.165, 1.54) is 0 Å². The first-order valence-electron chi connectivity index (χ1n) is 3.80. The van der Waals surface area contributed by atoms with Crippen LogP contribution in [0.5, 0.6) is 5.88 Å². The average Bonchev–Trinajstić information content (AvgIpc) is 2.31. The molecule has 0 amide bonds. The zero-order valence-corrected chi connectivity index (χ0v) is 8.15. The lowest BCUT2D eigenvalue weighted by Gasteiger charge is -1.95. The van der Waals surface area contributed by atoms with E-state index in [1.54, 1.807) is 0 Å². The maximum Gasteiger partial charge on any atom is 0.325 e. The molecule has 0 saturated carbocycles. The highest BCUT2D eigenvalue weighted by Gasteiger charge is 2.03. The summed E-state index contributed by atoms with van der Waals surface area (Å²) in [5, 5.41) is 10.1. The molecular weight excluding hydrogens is 224 g/mol. The van der Waals surface area contributed by atoms with Gasteiger partial charge in [-0.1, -0.05) is 15.9 Å². The predicted molar refractivity (Wildman–Crippen MR) is 49.8 cm³/mol. The summed E-state index contributed by atoms with van der Waals surface area (Å²) in [5.74, 6) is -0.0328. The average molecular weight is 235 g/mol. The first-order chi connectivity index (χ1) is 5.74. The van der Waals surface area contributed by atoms with E-state index in [9.17, 15) is 4.79 Å². The van der Waals surface area contributed by atoms with E-state index in [2.05, 4.69) is 25.9 Å². The first-order valence-corrected chi connectivity index (χ1v) is 4.92. The van der Waals surface area contributed by atoms with Crippen molar-refractivity contribution < 1.29 is 5.11 Å². The van der Waals surface area contributed by atoms with Crippen molar-refractivity contribution in [3.05, 3.63) is 16.2 Å². The predicted octanol–water partition coefficient (Wildman–Crippen LogP) is 1.13. The van der Waals surface area contributed by atoms with Crippen molar-refractivity contribution in [3.63, 3.8) is 0 Å². The van der Waals surface area contributed by atoms with Gasteiger partial charge in [-0.3, -0.25) is 4.98 Å². The quantitative estimate of drug-likeness (QED) is 0.540. The number of H-pyrrole nitrogens is 2. The highest BCUT2D eigenvalue weighted by atomic mass is 79.9. The second-order valence-electron chi connectivity index (χ2n) is 2.55. The van der Waals surface area contributed by atoms with Crippen molar-refractivity contribution in [1.29, 1.82) is 0 Å². The number of alkyl halides is 1. The Morgan fingerprint density at radius 3 is 2.58 bits per heavy atom. The van der Waals surface area contributed by atoms with Crippen LogP contribution in [0.4, 0.5) is 0 Å². The maximum atomic E-state index is 10.7. The number of rotatable bonds is 4. The van der Waals surface area contributed by atoms with Crippen molar-refractivity contribution in [1.82, 2.24) is 9.97 Å². The molecule has 0 bridgehead atoms. The molecule has 0 aliphatic rings. The standard InChI is InChI=1S/C7H11BrN2O2/c8-4-2-1-3-5-6(11)10-7(12)9-5/h11H,1-4H2,(H2,9,10,12). The van der Waals surface area contributed by atoms with Gasteiger partial charge in [-0.15, -0.1) is 0 Å². The molecule has 0 radical (unpaired) electrons. The van der Waals surface area contributed by atoms with Gasteiger partial charge in [-0.05, 0) is 19.3 Å². The first kappa shape index (κ1) is 9.38. The third-order valence-corrected chi connectivity index (χ3v) is 2.15. The number of aryl methyl sites for hydroxylation is 1. The molecule has 0 unspecified atom stereocenters. The summed E-state index contributed by atoms with van der Waals surface area (Å²) in [6, 6.07) is 0. The Kier molecular flexibility index (Phi) is 3.40. The van der Waals surface area contributed by atoms with Crippen LogP contribution in [0.2, 0.25) is 0 Å². The minimum atomic E-state index is -0.346. The van der Waals surface area contributed by atoms with Crippen molar-refractivity contribution in [2.45, 2.75) is 19.3 Å². The Bertz CT molecular complexity index is 292. The molecule has 68 valence electrons. The number of aromatic amines is 2. The minimum Gasteiger partial charge on any atom is -0.493 e. The molecule has 12 heavy (non-hydrogen) atoms. The molecule has 0 spiro atoms. The van der Waals surface area contributed by atoms with E-state index in [-0.39, 0.29) is 11.6 Å². The van der Waals surface area contributed by atoms with E-state index >= 15 is 0 Å². The van der Waals surface area contributed by atoms with E-state index in [0.717, 1.165) is 18.2 Å². The molecular formula is C7H11BrN2O2. The number of hydrogen-bond acceptors (Lipinski definition) is 2. The Morgan fingerprint density at radius 2 is 2.08 bits per heavy atom. The van der Waals surface area contributed by atoms with Gasteiger partial charge in [-0.25, -0.2) is 4.79 Å². The Labute approximate surface area is 78.1 Å². The van der Waals surface area contributed by atoms with E-state index < -0.39 is 0 Å². The van der Waals surface area contributed by atoms with E-state index in [1.807, 2.05) is 0 Å². The summed E-state index contributed by atoms with van der Waals surface area (Å²) in [7, 11) is 0. The lowest BCUT2D eigenvalue weighted by atomic mass is 10.2. The summed E-state index contributed by atoms with van der Waals surface area (Å²) < 4.78 is 0. The summed E-state index contributed by atoms with van der Waals surface area (Å²) in [6.07, 6.45) is 2.69. The van der Waals surface area contributed by atoms with Crippen molar-refractivity contribution in [2.24, 2.45) is 0 Å².